The Balaban J connectivity index is 1.81. The third-order valence-electron chi connectivity index (χ3n) is 3.73. The Hall–Kier alpha value is -1.79. The minimum Gasteiger partial charge on any atom is -0.354 e. The molecular formula is C19H23NO3S2. The van der Waals surface area contributed by atoms with Gasteiger partial charge in [0.05, 0.1) is 0 Å². The van der Waals surface area contributed by atoms with E-state index in [9.17, 15) is 13.2 Å². The second-order valence-electron chi connectivity index (χ2n) is 5.84. The van der Waals surface area contributed by atoms with Gasteiger partial charge in [0, 0.05) is 24.3 Å². The molecule has 0 aliphatic carbocycles. The van der Waals surface area contributed by atoms with Gasteiger partial charge in [0.1, 0.15) is 5.25 Å². The molecule has 2 rings (SSSR count). The van der Waals surface area contributed by atoms with Gasteiger partial charge in [0.15, 0.2) is 9.84 Å². The standard InChI is InChI=1S/C19H23NO3S2/c1-25(22,23)18(14-16-8-4-2-5-9-16)19(21)20-12-13-24-15-17-10-6-3-7-11-17/h2-11,18H,12-15H2,1H3,(H,20,21)/t18-/m1/s1. The van der Waals surface area contributed by atoms with Gasteiger partial charge in [-0.15, -0.1) is 0 Å². The summed E-state index contributed by atoms with van der Waals surface area (Å²) in [6.07, 6.45) is 1.31. The van der Waals surface area contributed by atoms with Crippen molar-refractivity contribution in [3.05, 3.63) is 71.8 Å². The van der Waals surface area contributed by atoms with Crippen LogP contribution in [0, 0.1) is 0 Å². The molecule has 0 fully saturated rings. The van der Waals surface area contributed by atoms with Crippen LogP contribution in [-0.2, 0) is 26.8 Å². The lowest BCUT2D eigenvalue weighted by Gasteiger charge is -2.15. The zero-order chi connectivity index (χ0) is 18.1. The predicted octanol–water partition coefficient (Wildman–Crippen LogP) is 2.69. The highest BCUT2D eigenvalue weighted by Gasteiger charge is 2.28. The smallest absolute Gasteiger partial charge is 0.238 e. The lowest BCUT2D eigenvalue weighted by Crippen LogP contribution is -2.41. The van der Waals surface area contributed by atoms with Crippen molar-refractivity contribution in [2.24, 2.45) is 0 Å². The zero-order valence-electron chi connectivity index (χ0n) is 14.2. The van der Waals surface area contributed by atoms with Gasteiger partial charge < -0.3 is 5.32 Å². The number of sulfone groups is 1. The third kappa shape index (κ3) is 6.92. The van der Waals surface area contributed by atoms with Gasteiger partial charge in [-0.3, -0.25) is 4.79 Å². The molecule has 2 aromatic carbocycles. The molecule has 4 nitrogen and oxygen atoms in total. The second kappa shape index (κ2) is 9.63. The largest absolute Gasteiger partial charge is 0.354 e. The topological polar surface area (TPSA) is 63.2 Å². The maximum Gasteiger partial charge on any atom is 0.238 e. The molecule has 6 heteroatoms. The van der Waals surface area contributed by atoms with Crippen molar-refractivity contribution in [3.8, 4) is 0 Å². The van der Waals surface area contributed by atoms with Crippen LogP contribution in [-0.4, -0.2) is 38.1 Å². The molecule has 0 aliphatic heterocycles. The van der Waals surface area contributed by atoms with E-state index in [1.54, 1.807) is 11.8 Å². The third-order valence-corrected chi connectivity index (χ3v) is 6.18. The van der Waals surface area contributed by atoms with Crippen LogP contribution in [0.15, 0.2) is 60.7 Å². The molecule has 0 bridgehead atoms. The number of rotatable bonds is 9. The first kappa shape index (κ1) is 19.5. The van der Waals surface area contributed by atoms with Gasteiger partial charge in [-0.25, -0.2) is 8.42 Å². The van der Waals surface area contributed by atoms with Gasteiger partial charge in [0.25, 0.3) is 0 Å². The van der Waals surface area contributed by atoms with E-state index in [0.29, 0.717) is 6.54 Å². The van der Waals surface area contributed by atoms with E-state index in [0.717, 1.165) is 23.3 Å². The van der Waals surface area contributed by atoms with Crippen LogP contribution < -0.4 is 5.32 Å². The van der Waals surface area contributed by atoms with Crippen LogP contribution >= 0.6 is 11.8 Å². The SMILES string of the molecule is CS(=O)(=O)[C@H](Cc1ccccc1)C(=O)NCCSCc1ccccc1. The lowest BCUT2D eigenvalue weighted by atomic mass is 10.1. The molecule has 0 unspecified atom stereocenters. The highest BCUT2D eigenvalue weighted by atomic mass is 32.2. The number of nitrogens with one attached hydrogen (secondary N) is 1. The van der Waals surface area contributed by atoms with Crippen LogP contribution in [0.4, 0.5) is 0 Å². The van der Waals surface area contributed by atoms with Crippen molar-refractivity contribution in [1.82, 2.24) is 5.32 Å². The summed E-state index contributed by atoms with van der Waals surface area (Å²) in [6, 6.07) is 19.3. The summed E-state index contributed by atoms with van der Waals surface area (Å²) in [6.45, 7) is 0.455. The summed E-state index contributed by atoms with van der Waals surface area (Å²) in [5.41, 5.74) is 2.07. The Morgan fingerprint density at radius 2 is 1.56 bits per heavy atom. The fourth-order valence-electron chi connectivity index (χ4n) is 2.39. The van der Waals surface area contributed by atoms with E-state index in [1.807, 2.05) is 48.5 Å². The lowest BCUT2D eigenvalue weighted by molar-refractivity contribution is -0.120. The summed E-state index contributed by atoms with van der Waals surface area (Å²) in [5, 5.41) is 1.71. The molecule has 1 atom stereocenters. The second-order valence-corrected chi connectivity index (χ2v) is 9.17. The fraction of sp³-hybridized carbons (Fsp3) is 0.316. The number of hydrogen-bond acceptors (Lipinski definition) is 4. The van der Waals surface area contributed by atoms with Gasteiger partial charge in [-0.2, -0.15) is 11.8 Å². The molecule has 0 aliphatic rings. The molecule has 0 aromatic heterocycles. The summed E-state index contributed by atoms with van der Waals surface area (Å²) in [5.74, 6) is 1.19. The Bertz CT molecular complexity index is 762. The Kier molecular flexibility index (Phi) is 7.52. The molecule has 1 amide bonds. The first-order chi connectivity index (χ1) is 12.0. The van der Waals surface area contributed by atoms with Gasteiger partial charge in [-0.1, -0.05) is 60.7 Å². The normalized spacial score (nSPS) is 12.5. The average Bonchev–Trinajstić information content (AvgIpc) is 2.60. The molecule has 1 N–H and O–H groups in total. The molecule has 0 radical (unpaired) electrons. The molecule has 0 spiro atoms. The zero-order valence-corrected chi connectivity index (χ0v) is 15.9. The average molecular weight is 378 g/mol. The van der Waals surface area contributed by atoms with E-state index in [1.165, 1.54) is 5.56 Å². The molecule has 134 valence electrons. The summed E-state index contributed by atoms with van der Waals surface area (Å²) >= 11 is 1.71. The molecule has 0 saturated carbocycles. The van der Waals surface area contributed by atoms with Crippen LogP contribution in [0.25, 0.3) is 0 Å². The predicted molar refractivity (Wildman–Crippen MR) is 104 cm³/mol. The maximum atomic E-state index is 12.3. The van der Waals surface area contributed by atoms with E-state index >= 15 is 0 Å². The van der Waals surface area contributed by atoms with E-state index in [-0.39, 0.29) is 6.42 Å². The van der Waals surface area contributed by atoms with Crippen molar-refractivity contribution in [2.75, 3.05) is 18.6 Å². The maximum absolute atomic E-state index is 12.3. The Morgan fingerprint density at radius 3 is 2.12 bits per heavy atom. The molecular weight excluding hydrogens is 354 g/mol. The van der Waals surface area contributed by atoms with Crippen molar-refractivity contribution in [3.63, 3.8) is 0 Å². The van der Waals surface area contributed by atoms with Gasteiger partial charge >= 0.3 is 0 Å². The van der Waals surface area contributed by atoms with Crippen LogP contribution in [0.5, 0.6) is 0 Å². The Morgan fingerprint density at radius 1 is 1.00 bits per heavy atom. The summed E-state index contributed by atoms with van der Waals surface area (Å²) in [7, 11) is -3.47. The number of carbonyl (C=O) groups is 1. The molecule has 0 saturated heterocycles. The fourth-order valence-corrected chi connectivity index (χ4v) is 4.18. The summed E-state index contributed by atoms with van der Waals surface area (Å²) < 4.78 is 24.0. The van der Waals surface area contributed by atoms with Gasteiger partial charge in [-0.05, 0) is 17.5 Å². The number of hydrogen-bond donors (Lipinski definition) is 1. The molecule has 2 aromatic rings. The van der Waals surface area contributed by atoms with Crippen molar-refractivity contribution in [1.29, 1.82) is 0 Å². The number of thioether (sulfide) groups is 1. The number of amides is 1. The summed E-state index contributed by atoms with van der Waals surface area (Å²) in [4.78, 5) is 12.3. The van der Waals surface area contributed by atoms with Crippen LogP contribution in [0.2, 0.25) is 0 Å². The Labute approximate surface area is 154 Å². The van der Waals surface area contributed by atoms with Gasteiger partial charge in [0.2, 0.25) is 5.91 Å². The number of benzene rings is 2. The van der Waals surface area contributed by atoms with Crippen molar-refractivity contribution < 1.29 is 13.2 Å². The quantitative estimate of drug-likeness (QED) is 0.683. The van der Waals surface area contributed by atoms with E-state index in [4.69, 9.17) is 0 Å². The van der Waals surface area contributed by atoms with E-state index < -0.39 is 21.0 Å². The first-order valence-corrected chi connectivity index (χ1v) is 11.2. The first-order valence-electron chi connectivity index (χ1n) is 8.09. The molecule has 25 heavy (non-hydrogen) atoms. The van der Waals surface area contributed by atoms with Crippen LogP contribution in [0.3, 0.4) is 0 Å². The van der Waals surface area contributed by atoms with Crippen LogP contribution in [0.1, 0.15) is 11.1 Å². The highest BCUT2D eigenvalue weighted by molar-refractivity contribution is 7.98. The molecule has 0 heterocycles. The van der Waals surface area contributed by atoms with Crippen molar-refractivity contribution in [2.45, 2.75) is 17.4 Å². The van der Waals surface area contributed by atoms with E-state index in [2.05, 4.69) is 17.4 Å². The van der Waals surface area contributed by atoms with Crippen molar-refractivity contribution >= 4 is 27.5 Å². The minimum atomic E-state index is -3.47. The number of carbonyl (C=O) groups excluding carboxylic acids is 1. The minimum absolute atomic E-state index is 0.197. The highest BCUT2D eigenvalue weighted by Crippen LogP contribution is 2.12. The monoisotopic (exact) mass is 377 g/mol.